The van der Waals surface area contributed by atoms with Crippen LogP contribution >= 0.6 is 0 Å². The van der Waals surface area contributed by atoms with Crippen LogP contribution in [0.1, 0.15) is 46.0 Å². The van der Waals surface area contributed by atoms with E-state index >= 15 is 0 Å². The molecule has 0 radical (unpaired) electrons. The number of esters is 1. The first-order valence-electron chi connectivity index (χ1n) is 5.47. The number of carbonyl (C=O) groups excluding carboxylic acids is 2. The maximum Gasteiger partial charge on any atom is 0.306 e. The zero-order chi connectivity index (χ0) is 11.5. The molecule has 0 aliphatic carbocycles. The topological polar surface area (TPSA) is 43.4 Å². The first-order chi connectivity index (χ1) is 7.16. The average molecular weight is 212 g/mol. The van der Waals surface area contributed by atoms with Crippen molar-refractivity contribution in [1.82, 2.24) is 0 Å². The van der Waals surface area contributed by atoms with E-state index in [1.165, 1.54) is 0 Å². The Morgan fingerprint density at radius 2 is 1.80 bits per heavy atom. The lowest BCUT2D eigenvalue weighted by molar-refractivity contribution is -0.143. The summed E-state index contributed by atoms with van der Waals surface area (Å²) < 4.78 is 4.78. The molecule has 0 amide bonds. The summed E-state index contributed by atoms with van der Waals surface area (Å²) in [5.74, 6) is 0.0841. The SMILES string of the molecule is CCOC(=O)CCC=CCCCC(C)=O. The zero-order valence-electron chi connectivity index (χ0n) is 9.62. The molecule has 0 unspecified atom stereocenters. The minimum absolute atomic E-state index is 0.147. The largest absolute Gasteiger partial charge is 0.466 e. The molecule has 0 rings (SSSR count). The molecule has 0 aromatic rings. The van der Waals surface area contributed by atoms with Gasteiger partial charge in [0.2, 0.25) is 0 Å². The molecule has 0 aromatic heterocycles. The lowest BCUT2D eigenvalue weighted by Gasteiger charge is -1.97. The monoisotopic (exact) mass is 212 g/mol. The van der Waals surface area contributed by atoms with Gasteiger partial charge in [-0.1, -0.05) is 12.2 Å². The van der Waals surface area contributed by atoms with Gasteiger partial charge in [0.1, 0.15) is 5.78 Å². The predicted molar refractivity (Wildman–Crippen MR) is 59.5 cm³/mol. The fourth-order valence-corrected chi connectivity index (χ4v) is 1.14. The Balaban J connectivity index is 3.31. The molecule has 0 aromatic carbocycles. The van der Waals surface area contributed by atoms with E-state index in [9.17, 15) is 9.59 Å². The van der Waals surface area contributed by atoms with Crippen LogP contribution in [0.2, 0.25) is 0 Å². The van der Waals surface area contributed by atoms with Crippen LogP contribution in [0.3, 0.4) is 0 Å². The summed E-state index contributed by atoms with van der Waals surface area (Å²) in [6, 6.07) is 0. The van der Waals surface area contributed by atoms with Gasteiger partial charge in [-0.2, -0.15) is 0 Å². The van der Waals surface area contributed by atoms with Crippen molar-refractivity contribution < 1.29 is 14.3 Å². The van der Waals surface area contributed by atoms with Crippen molar-refractivity contribution in [2.24, 2.45) is 0 Å². The van der Waals surface area contributed by atoms with E-state index in [1.54, 1.807) is 13.8 Å². The molecule has 0 spiro atoms. The van der Waals surface area contributed by atoms with E-state index in [0.717, 1.165) is 19.3 Å². The molecular weight excluding hydrogens is 192 g/mol. The van der Waals surface area contributed by atoms with Crippen LogP contribution in [0.15, 0.2) is 12.2 Å². The highest BCUT2D eigenvalue weighted by atomic mass is 16.5. The second-order valence-corrected chi connectivity index (χ2v) is 3.41. The third-order valence-corrected chi connectivity index (χ3v) is 1.89. The van der Waals surface area contributed by atoms with Crippen molar-refractivity contribution in [2.45, 2.75) is 46.0 Å². The number of hydrogen-bond acceptors (Lipinski definition) is 3. The third kappa shape index (κ3) is 10.8. The van der Waals surface area contributed by atoms with Crippen molar-refractivity contribution in [3.8, 4) is 0 Å². The van der Waals surface area contributed by atoms with Gasteiger partial charge in [0, 0.05) is 12.8 Å². The van der Waals surface area contributed by atoms with Gasteiger partial charge >= 0.3 is 5.97 Å². The summed E-state index contributed by atoms with van der Waals surface area (Å²) in [7, 11) is 0. The highest BCUT2D eigenvalue weighted by Crippen LogP contribution is 2.00. The molecule has 0 saturated carbocycles. The number of allylic oxidation sites excluding steroid dienone is 2. The molecule has 0 saturated heterocycles. The summed E-state index contributed by atoms with van der Waals surface area (Å²) in [5, 5.41) is 0. The number of ether oxygens (including phenoxy) is 1. The van der Waals surface area contributed by atoms with Crippen LogP contribution in [0, 0.1) is 0 Å². The van der Waals surface area contributed by atoms with Gasteiger partial charge in [-0.15, -0.1) is 0 Å². The van der Waals surface area contributed by atoms with Crippen molar-refractivity contribution in [2.75, 3.05) is 6.61 Å². The Hall–Kier alpha value is -1.12. The average Bonchev–Trinajstić information content (AvgIpc) is 2.16. The normalized spacial score (nSPS) is 10.5. The third-order valence-electron chi connectivity index (χ3n) is 1.89. The van der Waals surface area contributed by atoms with Gasteiger partial charge in [-0.05, 0) is 33.1 Å². The lowest BCUT2D eigenvalue weighted by Crippen LogP contribution is -2.02. The summed E-state index contributed by atoms with van der Waals surface area (Å²) in [4.78, 5) is 21.5. The molecule has 0 heterocycles. The van der Waals surface area contributed by atoms with E-state index in [-0.39, 0.29) is 11.8 Å². The fourth-order valence-electron chi connectivity index (χ4n) is 1.14. The van der Waals surface area contributed by atoms with Crippen molar-refractivity contribution in [3.05, 3.63) is 12.2 Å². The minimum atomic E-state index is -0.147. The first kappa shape index (κ1) is 13.9. The highest BCUT2D eigenvalue weighted by Gasteiger charge is 1.97. The van der Waals surface area contributed by atoms with Crippen molar-refractivity contribution >= 4 is 11.8 Å². The van der Waals surface area contributed by atoms with Gasteiger partial charge in [0.05, 0.1) is 6.61 Å². The fraction of sp³-hybridized carbons (Fsp3) is 0.667. The predicted octanol–water partition coefficient (Wildman–Crippen LogP) is 2.65. The van der Waals surface area contributed by atoms with Crippen LogP contribution in [0.5, 0.6) is 0 Å². The van der Waals surface area contributed by atoms with Crippen LogP contribution < -0.4 is 0 Å². The van der Waals surface area contributed by atoms with Crippen molar-refractivity contribution in [3.63, 3.8) is 0 Å². The number of ketones is 1. The van der Waals surface area contributed by atoms with E-state index in [4.69, 9.17) is 4.74 Å². The number of Topliss-reactive ketones (excluding diaryl/α,β-unsaturated/α-hetero) is 1. The molecule has 0 aliphatic rings. The Kier molecular flexibility index (Phi) is 8.73. The summed E-state index contributed by atoms with van der Waals surface area (Å²) in [6.45, 7) is 3.85. The van der Waals surface area contributed by atoms with Crippen LogP contribution in [0.4, 0.5) is 0 Å². The van der Waals surface area contributed by atoms with Crippen LogP contribution in [-0.2, 0) is 14.3 Å². The second kappa shape index (κ2) is 9.44. The molecule has 15 heavy (non-hydrogen) atoms. The van der Waals surface area contributed by atoms with Crippen LogP contribution in [-0.4, -0.2) is 18.4 Å². The van der Waals surface area contributed by atoms with Gasteiger partial charge < -0.3 is 9.53 Å². The number of rotatable bonds is 8. The Labute approximate surface area is 91.5 Å². The molecular formula is C12H20O3. The minimum Gasteiger partial charge on any atom is -0.466 e. The molecule has 3 heteroatoms. The molecule has 0 atom stereocenters. The Morgan fingerprint density at radius 3 is 2.40 bits per heavy atom. The lowest BCUT2D eigenvalue weighted by atomic mass is 10.2. The summed E-state index contributed by atoms with van der Waals surface area (Å²) >= 11 is 0. The van der Waals surface area contributed by atoms with Crippen LogP contribution in [0.25, 0.3) is 0 Å². The van der Waals surface area contributed by atoms with E-state index < -0.39 is 0 Å². The highest BCUT2D eigenvalue weighted by molar-refractivity contribution is 5.75. The number of carbonyl (C=O) groups is 2. The Morgan fingerprint density at radius 1 is 1.13 bits per heavy atom. The van der Waals surface area contributed by atoms with E-state index in [2.05, 4.69) is 0 Å². The van der Waals surface area contributed by atoms with Gasteiger partial charge in [0.25, 0.3) is 0 Å². The van der Waals surface area contributed by atoms with E-state index in [1.807, 2.05) is 12.2 Å². The standard InChI is InChI=1S/C12H20O3/c1-3-15-12(14)10-8-6-4-5-7-9-11(2)13/h4,6H,3,5,7-10H2,1-2H3. The maximum absolute atomic E-state index is 10.9. The molecule has 0 bridgehead atoms. The molecule has 0 aliphatic heterocycles. The summed E-state index contributed by atoms with van der Waals surface area (Å²) in [6.07, 6.45) is 7.59. The second-order valence-electron chi connectivity index (χ2n) is 3.41. The van der Waals surface area contributed by atoms with E-state index in [0.29, 0.717) is 19.4 Å². The van der Waals surface area contributed by atoms with Gasteiger partial charge in [-0.3, -0.25) is 4.79 Å². The Bertz CT molecular complexity index is 219. The van der Waals surface area contributed by atoms with Crippen molar-refractivity contribution in [1.29, 1.82) is 0 Å². The molecule has 86 valence electrons. The van der Waals surface area contributed by atoms with Gasteiger partial charge in [-0.25, -0.2) is 0 Å². The smallest absolute Gasteiger partial charge is 0.306 e. The number of hydrogen-bond donors (Lipinski definition) is 0. The quantitative estimate of drug-likeness (QED) is 0.353. The molecule has 0 N–H and O–H groups in total. The molecule has 3 nitrogen and oxygen atoms in total. The maximum atomic E-state index is 10.9. The van der Waals surface area contributed by atoms with Gasteiger partial charge in [0.15, 0.2) is 0 Å². The number of unbranched alkanes of at least 4 members (excludes halogenated alkanes) is 1. The zero-order valence-corrected chi connectivity index (χ0v) is 9.62. The molecule has 0 fully saturated rings. The summed E-state index contributed by atoms with van der Waals surface area (Å²) in [5.41, 5.74) is 0. The first-order valence-corrected chi connectivity index (χ1v) is 5.47.